The molecular formula is C29H31F4N3O. The van der Waals surface area contributed by atoms with E-state index in [4.69, 9.17) is 0 Å². The van der Waals surface area contributed by atoms with E-state index in [-0.39, 0.29) is 41.5 Å². The summed E-state index contributed by atoms with van der Waals surface area (Å²) in [6, 6.07) is 8.84. The van der Waals surface area contributed by atoms with Crippen molar-refractivity contribution in [3.63, 3.8) is 0 Å². The van der Waals surface area contributed by atoms with E-state index in [1.807, 2.05) is 19.1 Å². The summed E-state index contributed by atoms with van der Waals surface area (Å²) in [7, 11) is 0. The van der Waals surface area contributed by atoms with Crippen LogP contribution in [0, 0.1) is 34.8 Å². The van der Waals surface area contributed by atoms with E-state index in [0.717, 1.165) is 30.9 Å². The first-order valence-corrected chi connectivity index (χ1v) is 13.2. The lowest BCUT2D eigenvalue weighted by atomic mass is 9.53. The van der Waals surface area contributed by atoms with Crippen LogP contribution in [0.4, 0.5) is 17.6 Å². The topological polar surface area (TPSA) is 50.9 Å². The van der Waals surface area contributed by atoms with Crippen LogP contribution in [-0.2, 0) is 12.8 Å². The summed E-state index contributed by atoms with van der Waals surface area (Å²) < 4.78 is 59.6. The van der Waals surface area contributed by atoms with Crippen LogP contribution in [0.3, 0.4) is 0 Å². The molecule has 0 aliphatic heterocycles. The Morgan fingerprint density at radius 2 is 1.95 bits per heavy atom. The number of phenols is 1. The van der Waals surface area contributed by atoms with Gasteiger partial charge in [0, 0.05) is 17.9 Å². The molecule has 5 atom stereocenters. The number of nitrogens with zero attached hydrogens (tertiary/aromatic N) is 3. The highest BCUT2D eigenvalue weighted by Crippen LogP contribution is 2.68. The molecule has 0 bridgehead atoms. The second kappa shape index (κ2) is 8.84. The van der Waals surface area contributed by atoms with Gasteiger partial charge < -0.3 is 5.11 Å². The van der Waals surface area contributed by atoms with Gasteiger partial charge in [0.2, 0.25) is 0 Å². The Bertz CT molecular complexity index is 1320. The molecular weight excluding hydrogens is 482 g/mol. The lowest BCUT2D eigenvalue weighted by Crippen LogP contribution is -2.47. The molecule has 1 heterocycles. The number of alkyl halides is 2. The zero-order valence-corrected chi connectivity index (χ0v) is 20.8. The summed E-state index contributed by atoms with van der Waals surface area (Å²) >= 11 is 0. The zero-order valence-electron chi connectivity index (χ0n) is 20.8. The average Bonchev–Trinajstić information content (AvgIpc) is 3.38. The molecule has 0 saturated heterocycles. The van der Waals surface area contributed by atoms with Crippen molar-refractivity contribution in [2.45, 2.75) is 70.1 Å². The fraction of sp³-hybridized carbons (Fsp3) is 0.517. The van der Waals surface area contributed by atoms with Crippen molar-refractivity contribution in [2.75, 3.05) is 0 Å². The van der Waals surface area contributed by atoms with Crippen LogP contribution in [-0.4, -0.2) is 26.0 Å². The standard InChI is InChI=1S/C29H31F4N3O/c1-28-12-11-23-22-9-7-21(37)13-17(22)5-8-24(23)27(28)18(15-29(28,32)33)3-2-4-20-16-36(35-34-20)26-10-6-19(30)14-25(26)31/h6-7,9-10,13-14,16,18,23-24,27,37H,2-5,8,11-12,15H2,1H3/t18-,23-,24-,27+,28+/m1/s1. The van der Waals surface area contributed by atoms with Gasteiger partial charge in [-0.2, -0.15) is 0 Å². The third kappa shape index (κ3) is 4.03. The fourth-order valence-corrected chi connectivity index (χ4v) is 7.83. The molecule has 0 radical (unpaired) electrons. The van der Waals surface area contributed by atoms with Gasteiger partial charge in [-0.15, -0.1) is 5.10 Å². The van der Waals surface area contributed by atoms with Crippen molar-refractivity contribution in [3.8, 4) is 11.4 Å². The van der Waals surface area contributed by atoms with E-state index in [0.29, 0.717) is 31.4 Å². The minimum Gasteiger partial charge on any atom is -0.508 e. The van der Waals surface area contributed by atoms with E-state index in [1.54, 1.807) is 12.3 Å². The van der Waals surface area contributed by atoms with Crippen molar-refractivity contribution < 1.29 is 22.7 Å². The second-order valence-corrected chi connectivity index (χ2v) is 11.5. The van der Waals surface area contributed by atoms with Crippen LogP contribution in [0.15, 0.2) is 42.6 Å². The number of aromatic nitrogens is 3. The second-order valence-electron chi connectivity index (χ2n) is 11.5. The van der Waals surface area contributed by atoms with Gasteiger partial charge in [-0.25, -0.2) is 22.2 Å². The molecule has 8 heteroatoms. The first kappa shape index (κ1) is 24.4. The highest BCUT2D eigenvalue weighted by Gasteiger charge is 2.67. The van der Waals surface area contributed by atoms with Crippen LogP contribution in [0.25, 0.3) is 5.69 Å². The quantitative estimate of drug-likeness (QED) is 0.374. The summed E-state index contributed by atoms with van der Waals surface area (Å²) in [4.78, 5) is 0. The minimum atomic E-state index is -2.69. The van der Waals surface area contributed by atoms with Crippen molar-refractivity contribution in [1.82, 2.24) is 15.0 Å². The average molecular weight is 514 g/mol. The molecule has 3 aliphatic carbocycles. The van der Waals surface area contributed by atoms with E-state index in [2.05, 4.69) is 10.3 Å². The van der Waals surface area contributed by atoms with E-state index >= 15 is 8.78 Å². The molecule has 3 aromatic rings. The van der Waals surface area contributed by atoms with Gasteiger partial charge in [-0.1, -0.05) is 18.2 Å². The van der Waals surface area contributed by atoms with E-state index in [1.165, 1.54) is 22.4 Å². The number of hydrogen-bond acceptors (Lipinski definition) is 3. The Morgan fingerprint density at radius 1 is 1.11 bits per heavy atom. The first-order valence-electron chi connectivity index (χ1n) is 13.2. The molecule has 4 nitrogen and oxygen atoms in total. The van der Waals surface area contributed by atoms with Gasteiger partial charge in [0.05, 0.1) is 11.9 Å². The van der Waals surface area contributed by atoms with Crippen LogP contribution >= 0.6 is 0 Å². The van der Waals surface area contributed by atoms with Crippen molar-refractivity contribution in [3.05, 3.63) is 71.1 Å². The zero-order chi connectivity index (χ0) is 25.9. The van der Waals surface area contributed by atoms with Gasteiger partial charge >= 0.3 is 0 Å². The van der Waals surface area contributed by atoms with Gasteiger partial charge in [0.1, 0.15) is 17.3 Å². The molecule has 2 aromatic carbocycles. The fourth-order valence-electron chi connectivity index (χ4n) is 7.83. The normalized spacial score (nSPS) is 30.0. The number of hydrogen-bond donors (Lipinski definition) is 1. The highest BCUT2D eigenvalue weighted by molar-refractivity contribution is 5.40. The number of halogens is 4. The van der Waals surface area contributed by atoms with Crippen LogP contribution in [0.1, 0.15) is 68.2 Å². The molecule has 6 rings (SSSR count). The number of aromatic hydroxyl groups is 1. The predicted molar refractivity (Wildman–Crippen MR) is 131 cm³/mol. The Kier molecular flexibility index (Phi) is 5.84. The maximum absolute atomic E-state index is 15.5. The monoisotopic (exact) mass is 513 g/mol. The predicted octanol–water partition coefficient (Wildman–Crippen LogP) is 6.99. The Morgan fingerprint density at radius 3 is 2.76 bits per heavy atom. The molecule has 0 unspecified atom stereocenters. The van der Waals surface area contributed by atoms with Crippen molar-refractivity contribution in [2.24, 2.45) is 23.2 Å². The van der Waals surface area contributed by atoms with Crippen molar-refractivity contribution in [1.29, 1.82) is 0 Å². The van der Waals surface area contributed by atoms with E-state index < -0.39 is 23.0 Å². The Labute approximate surface area is 213 Å². The number of phenolic OH excluding ortho intramolecular Hbond substituents is 1. The largest absolute Gasteiger partial charge is 0.508 e. The SMILES string of the molecule is C[C@]12CC[C@@H]3c4ccc(O)cc4CC[C@H]3[C@@H]1[C@H](CCCc1cn(-c3ccc(F)cc3F)nn1)CC2(F)F. The number of fused-ring (bicyclic) bond motifs is 5. The molecule has 1 N–H and O–H groups in total. The van der Waals surface area contributed by atoms with Gasteiger partial charge in [-0.05, 0) is 104 Å². The molecule has 196 valence electrons. The molecule has 0 spiro atoms. The molecule has 37 heavy (non-hydrogen) atoms. The maximum atomic E-state index is 15.5. The summed E-state index contributed by atoms with van der Waals surface area (Å²) in [6.07, 6.45) is 6.45. The lowest BCUT2D eigenvalue weighted by Gasteiger charge is -2.51. The summed E-state index contributed by atoms with van der Waals surface area (Å²) in [6.45, 7) is 1.81. The molecule has 1 aromatic heterocycles. The lowest BCUT2D eigenvalue weighted by molar-refractivity contribution is -0.133. The Hall–Kier alpha value is -2.90. The van der Waals surface area contributed by atoms with Gasteiger partial charge in [0.15, 0.2) is 5.82 Å². The molecule has 2 saturated carbocycles. The van der Waals surface area contributed by atoms with Crippen LogP contribution < -0.4 is 0 Å². The molecule has 3 aliphatic rings. The maximum Gasteiger partial charge on any atom is 0.253 e. The van der Waals surface area contributed by atoms with Gasteiger partial charge in [-0.3, -0.25) is 0 Å². The smallest absolute Gasteiger partial charge is 0.253 e. The highest BCUT2D eigenvalue weighted by atomic mass is 19.3. The summed E-state index contributed by atoms with van der Waals surface area (Å²) in [5.74, 6) is -3.44. The van der Waals surface area contributed by atoms with E-state index in [9.17, 15) is 13.9 Å². The minimum absolute atomic E-state index is 0.0489. The number of rotatable bonds is 5. The van der Waals surface area contributed by atoms with Crippen molar-refractivity contribution >= 4 is 0 Å². The van der Waals surface area contributed by atoms with Crippen LogP contribution in [0.2, 0.25) is 0 Å². The summed E-state index contributed by atoms with van der Waals surface area (Å²) in [5, 5.41) is 18.0. The summed E-state index contributed by atoms with van der Waals surface area (Å²) in [5.41, 5.74) is 2.17. The van der Waals surface area contributed by atoms with Crippen LogP contribution in [0.5, 0.6) is 5.75 Å². The molecule has 2 fully saturated rings. The molecule has 0 amide bonds. The number of aryl methyl sites for hydroxylation is 2. The first-order chi connectivity index (χ1) is 17.7. The van der Waals surface area contributed by atoms with Gasteiger partial charge in [0.25, 0.3) is 5.92 Å². The number of benzene rings is 2. The third-order valence-electron chi connectivity index (χ3n) is 9.53. The third-order valence-corrected chi connectivity index (χ3v) is 9.53. The Balaban J connectivity index is 1.18.